The maximum atomic E-state index is 12.6. The molecule has 0 radical (unpaired) electrons. The molecule has 0 aliphatic heterocycles. The first kappa shape index (κ1) is 17.2. The molecular formula is C22H19N5O2. The van der Waals surface area contributed by atoms with Crippen LogP contribution in [0.25, 0.3) is 27.7 Å². The third-order valence-corrected chi connectivity index (χ3v) is 5.20. The highest BCUT2D eigenvalue weighted by Gasteiger charge is 2.20. The number of para-hydroxylation sites is 2. The van der Waals surface area contributed by atoms with Crippen LogP contribution in [-0.2, 0) is 0 Å². The second-order valence-corrected chi connectivity index (χ2v) is 6.99. The van der Waals surface area contributed by atoms with Crippen molar-refractivity contribution in [2.24, 2.45) is 0 Å². The molecule has 0 bridgehead atoms. The molecule has 0 spiro atoms. The predicted octanol–water partition coefficient (Wildman–Crippen LogP) is 4.05. The van der Waals surface area contributed by atoms with Crippen molar-refractivity contribution in [2.75, 3.05) is 11.9 Å². The number of H-pyrrole nitrogens is 1. The Kier molecular flexibility index (Phi) is 3.94. The van der Waals surface area contributed by atoms with Gasteiger partial charge in [-0.25, -0.2) is 4.68 Å². The van der Waals surface area contributed by atoms with Crippen LogP contribution in [0.4, 0.5) is 5.95 Å². The minimum absolute atomic E-state index is 0.129. The first-order valence-corrected chi connectivity index (χ1v) is 9.36. The Morgan fingerprint density at radius 2 is 1.86 bits per heavy atom. The number of fused-ring (bicyclic) bond motifs is 2. The number of nitrogens with zero attached hydrogens (tertiary/aromatic N) is 4. The normalized spacial score (nSPS) is 12.5. The van der Waals surface area contributed by atoms with Gasteiger partial charge in [0.25, 0.3) is 5.56 Å². The molecule has 0 aliphatic carbocycles. The van der Waals surface area contributed by atoms with Crippen molar-refractivity contribution in [1.82, 2.24) is 19.7 Å². The largest absolute Gasteiger partial charge is 0.459 e. The number of aromatic nitrogens is 4. The maximum absolute atomic E-state index is 12.6. The van der Waals surface area contributed by atoms with Gasteiger partial charge in [-0.2, -0.15) is 10.1 Å². The summed E-state index contributed by atoms with van der Waals surface area (Å²) in [6.45, 7) is 2.01. The molecule has 0 saturated heterocycles. The minimum Gasteiger partial charge on any atom is -0.459 e. The molecule has 3 aromatic heterocycles. The first-order chi connectivity index (χ1) is 14.1. The highest BCUT2D eigenvalue weighted by atomic mass is 16.3. The number of nitrogens with one attached hydrogen (secondary N) is 1. The molecule has 1 atom stereocenters. The molecule has 5 aromatic rings. The first-order valence-electron chi connectivity index (χ1n) is 9.36. The van der Waals surface area contributed by atoms with E-state index in [1.54, 1.807) is 10.9 Å². The van der Waals surface area contributed by atoms with Crippen LogP contribution >= 0.6 is 0 Å². The SMILES string of the molecule is CC(c1cc2ccccc2o1)N(C)c1nc2c(cnn2-c2ccccc2)c(=O)[nH]1. The quantitative estimate of drug-likeness (QED) is 0.505. The second kappa shape index (κ2) is 6.63. The summed E-state index contributed by atoms with van der Waals surface area (Å²) in [4.78, 5) is 22.1. The van der Waals surface area contributed by atoms with Gasteiger partial charge in [0.2, 0.25) is 5.95 Å². The summed E-state index contributed by atoms with van der Waals surface area (Å²) in [7, 11) is 1.88. The smallest absolute Gasteiger partial charge is 0.263 e. The monoisotopic (exact) mass is 385 g/mol. The Morgan fingerprint density at radius 3 is 2.66 bits per heavy atom. The lowest BCUT2D eigenvalue weighted by Crippen LogP contribution is -2.26. The van der Waals surface area contributed by atoms with Gasteiger partial charge < -0.3 is 9.32 Å². The molecule has 7 nitrogen and oxygen atoms in total. The van der Waals surface area contributed by atoms with Crippen LogP contribution < -0.4 is 10.5 Å². The van der Waals surface area contributed by atoms with E-state index in [2.05, 4.69) is 10.1 Å². The van der Waals surface area contributed by atoms with Crippen LogP contribution in [0.2, 0.25) is 0 Å². The van der Waals surface area contributed by atoms with Crippen molar-refractivity contribution in [3.05, 3.63) is 83.0 Å². The molecule has 2 aromatic carbocycles. The Bertz CT molecular complexity index is 1330. The zero-order valence-electron chi connectivity index (χ0n) is 16.0. The highest BCUT2D eigenvalue weighted by molar-refractivity contribution is 5.78. The number of aromatic amines is 1. The maximum Gasteiger partial charge on any atom is 0.263 e. The Balaban J connectivity index is 1.57. The summed E-state index contributed by atoms with van der Waals surface area (Å²) in [5.41, 5.74) is 1.97. The van der Waals surface area contributed by atoms with Gasteiger partial charge in [0.1, 0.15) is 16.7 Å². The highest BCUT2D eigenvalue weighted by Crippen LogP contribution is 2.28. The number of rotatable bonds is 4. The van der Waals surface area contributed by atoms with Crippen molar-refractivity contribution in [2.45, 2.75) is 13.0 Å². The summed E-state index contributed by atoms with van der Waals surface area (Å²) in [6.07, 6.45) is 1.54. The zero-order chi connectivity index (χ0) is 20.0. The van der Waals surface area contributed by atoms with E-state index in [1.807, 2.05) is 79.5 Å². The van der Waals surface area contributed by atoms with Gasteiger partial charge in [-0.05, 0) is 31.2 Å². The Hall–Kier alpha value is -3.87. The van der Waals surface area contributed by atoms with Crippen molar-refractivity contribution in [1.29, 1.82) is 0 Å². The lowest BCUT2D eigenvalue weighted by atomic mass is 10.2. The molecule has 3 heterocycles. The van der Waals surface area contributed by atoms with E-state index in [1.165, 1.54) is 0 Å². The van der Waals surface area contributed by atoms with Gasteiger partial charge in [0.15, 0.2) is 5.65 Å². The van der Waals surface area contributed by atoms with Crippen LogP contribution in [0, 0.1) is 0 Å². The van der Waals surface area contributed by atoms with E-state index in [9.17, 15) is 4.79 Å². The third-order valence-electron chi connectivity index (χ3n) is 5.20. The molecule has 1 unspecified atom stereocenters. The van der Waals surface area contributed by atoms with Gasteiger partial charge in [-0.1, -0.05) is 36.4 Å². The van der Waals surface area contributed by atoms with Crippen LogP contribution in [-0.4, -0.2) is 26.8 Å². The second-order valence-electron chi connectivity index (χ2n) is 6.99. The van der Waals surface area contributed by atoms with E-state index < -0.39 is 0 Å². The van der Waals surface area contributed by atoms with Crippen molar-refractivity contribution >= 4 is 28.0 Å². The van der Waals surface area contributed by atoms with Crippen LogP contribution in [0.1, 0.15) is 18.7 Å². The van der Waals surface area contributed by atoms with E-state index in [0.717, 1.165) is 22.4 Å². The van der Waals surface area contributed by atoms with Crippen LogP contribution in [0.15, 0.2) is 76.1 Å². The lowest BCUT2D eigenvalue weighted by molar-refractivity contribution is 0.499. The summed E-state index contributed by atoms with van der Waals surface area (Å²) in [5, 5.41) is 5.85. The molecule has 7 heteroatoms. The van der Waals surface area contributed by atoms with Gasteiger partial charge in [0, 0.05) is 12.4 Å². The Morgan fingerprint density at radius 1 is 1.10 bits per heavy atom. The molecular weight excluding hydrogens is 366 g/mol. The van der Waals surface area contributed by atoms with Crippen LogP contribution in [0.3, 0.4) is 0 Å². The zero-order valence-corrected chi connectivity index (χ0v) is 16.0. The van der Waals surface area contributed by atoms with Gasteiger partial charge in [-0.3, -0.25) is 9.78 Å². The van der Waals surface area contributed by atoms with E-state index in [-0.39, 0.29) is 11.6 Å². The molecule has 144 valence electrons. The van der Waals surface area contributed by atoms with E-state index in [0.29, 0.717) is 17.0 Å². The lowest BCUT2D eigenvalue weighted by Gasteiger charge is -2.23. The van der Waals surface area contributed by atoms with Gasteiger partial charge in [-0.15, -0.1) is 0 Å². The minimum atomic E-state index is -0.226. The Labute approximate surface area is 166 Å². The number of hydrogen-bond donors (Lipinski definition) is 1. The van der Waals surface area contributed by atoms with E-state index in [4.69, 9.17) is 9.40 Å². The topological polar surface area (TPSA) is 79.9 Å². The standard InChI is InChI=1S/C22H19N5O2/c1-14(19-12-15-8-6-7-11-18(15)29-19)26(2)22-24-20-17(21(28)25-22)13-23-27(20)16-9-4-3-5-10-16/h3-14H,1-2H3,(H,24,25,28). The fourth-order valence-electron chi connectivity index (χ4n) is 3.41. The van der Waals surface area contributed by atoms with Gasteiger partial charge >= 0.3 is 0 Å². The fraction of sp³-hybridized carbons (Fsp3) is 0.136. The molecule has 5 rings (SSSR count). The number of hydrogen-bond acceptors (Lipinski definition) is 5. The fourth-order valence-corrected chi connectivity index (χ4v) is 3.41. The summed E-state index contributed by atoms with van der Waals surface area (Å²) < 4.78 is 7.66. The third kappa shape index (κ3) is 2.87. The number of furan rings is 1. The summed E-state index contributed by atoms with van der Waals surface area (Å²) >= 11 is 0. The van der Waals surface area contributed by atoms with Crippen molar-refractivity contribution < 1.29 is 4.42 Å². The molecule has 29 heavy (non-hydrogen) atoms. The summed E-state index contributed by atoms with van der Waals surface area (Å²) in [5.74, 6) is 1.25. The van der Waals surface area contributed by atoms with Crippen molar-refractivity contribution in [3.8, 4) is 5.69 Å². The van der Waals surface area contributed by atoms with E-state index >= 15 is 0 Å². The molecule has 0 saturated carbocycles. The molecule has 0 fully saturated rings. The molecule has 0 aliphatic rings. The molecule has 1 N–H and O–H groups in total. The average molecular weight is 385 g/mol. The summed E-state index contributed by atoms with van der Waals surface area (Å²) in [6, 6.07) is 19.4. The van der Waals surface area contributed by atoms with Crippen LogP contribution in [0.5, 0.6) is 0 Å². The number of benzene rings is 2. The molecule has 0 amide bonds. The number of anilines is 1. The van der Waals surface area contributed by atoms with Gasteiger partial charge in [0.05, 0.1) is 17.9 Å². The average Bonchev–Trinajstić information content (AvgIpc) is 3.38. The predicted molar refractivity (Wildman–Crippen MR) is 113 cm³/mol. The van der Waals surface area contributed by atoms with Crippen molar-refractivity contribution in [3.63, 3.8) is 0 Å².